The van der Waals surface area contributed by atoms with Crippen LogP contribution in [0.4, 0.5) is 15.8 Å². The van der Waals surface area contributed by atoms with Crippen molar-refractivity contribution in [1.82, 2.24) is 0 Å². The van der Waals surface area contributed by atoms with Gasteiger partial charge in [0.05, 0.1) is 23.0 Å². The summed E-state index contributed by atoms with van der Waals surface area (Å²) < 4.78 is 12.7. The van der Waals surface area contributed by atoms with E-state index in [1.807, 2.05) is 6.07 Å². The van der Waals surface area contributed by atoms with Crippen molar-refractivity contribution in [3.05, 3.63) is 59.4 Å². The molecule has 0 saturated carbocycles. The van der Waals surface area contributed by atoms with Crippen molar-refractivity contribution < 1.29 is 4.39 Å². The molecule has 19 heavy (non-hydrogen) atoms. The minimum Gasteiger partial charge on any atom is -0.397 e. The molecule has 96 valence electrons. The molecule has 0 heterocycles. The van der Waals surface area contributed by atoms with Crippen LogP contribution in [0.25, 0.3) is 0 Å². The summed E-state index contributed by atoms with van der Waals surface area (Å²) in [5.74, 6) is -0.229. The van der Waals surface area contributed by atoms with Crippen LogP contribution in [0.1, 0.15) is 11.1 Å². The number of halogens is 1. The number of nitrogen functional groups attached to an aromatic ring is 1. The quantitative estimate of drug-likeness (QED) is 0.826. The van der Waals surface area contributed by atoms with Crippen LogP contribution in [0.5, 0.6) is 0 Å². The second-order valence-electron chi connectivity index (χ2n) is 4.22. The molecule has 0 aliphatic rings. The molecule has 0 unspecified atom stereocenters. The summed E-state index contributed by atoms with van der Waals surface area (Å²) in [6, 6.07) is 13.6. The third kappa shape index (κ3) is 3.46. The topological polar surface area (TPSA) is 61.8 Å². The van der Waals surface area contributed by atoms with Crippen LogP contribution < -0.4 is 11.1 Å². The first kappa shape index (κ1) is 12.9. The summed E-state index contributed by atoms with van der Waals surface area (Å²) in [4.78, 5) is 0. The Bertz CT molecular complexity index is 600. The molecule has 0 aliphatic heterocycles. The summed E-state index contributed by atoms with van der Waals surface area (Å²) in [7, 11) is 0. The summed E-state index contributed by atoms with van der Waals surface area (Å²) in [6.07, 6.45) is 0.778. The van der Waals surface area contributed by atoms with E-state index in [0.29, 0.717) is 17.8 Å². The minimum absolute atomic E-state index is 0.229. The molecule has 0 radical (unpaired) electrons. The van der Waals surface area contributed by atoms with Crippen LogP contribution in [0.3, 0.4) is 0 Å². The Kier molecular flexibility index (Phi) is 3.99. The first-order valence-corrected chi connectivity index (χ1v) is 5.97. The molecule has 3 N–H and O–H groups in total. The van der Waals surface area contributed by atoms with Gasteiger partial charge in [0.1, 0.15) is 5.82 Å². The van der Waals surface area contributed by atoms with E-state index in [1.54, 1.807) is 30.3 Å². The smallest absolute Gasteiger partial charge is 0.123 e. The maximum Gasteiger partial charge on any atom is 0.123 e. The number of rotatable bonds is 4. The summed E-state index contributed by atoms with van der Waals surface area (Å²) in [6.45, 7) is 0.696. The van der Waals surface area contributed by atoms with Gasteiger partial charge < -0.3 is 11.1 Å². The molecule has 0 fully saturated rings. The predicted molar refractivity (Wildman–Crippen MR) is 74.2 cm³/mol. The molecule has 0 aliphatic carbocycles. The lowest BCUT2D eigenvalue weighted by Gasteiger charge is -2.09. The maximum atomic E-state index is 12.7. The van der Waals surface area contributed by atoms with Crippen molar-refractivity contribution >= 4 is 11.4 Å². The second-order valence-corrected chi connectivity index (χ2v) is 4.22. The standard InChI is InChI=1S/C15H14FN3/c16-13-4-1-11(2-5-13)7-8-19-15-6-3-12(10-17)9-14(15)18/h1-6,9,19H,7-8,18H2. The fourth-order valence-corrected chi connectivity index (χ4v) is 1.79. The van der Waals surface area contributed by atoms with E-state index in [9.17, 15) is 4.39 Å². The van der Waals surface area contributed by atoms with Crippen molar-refractivity contribution in [3.63, 3.8) is 0 Å². The lowest BCUT2D eigenvalue weighted by Crippen LogP contribution is -2.07. The van der Waals surface area contributed by atoms with Crippen LogP contribution in [0, 0.1) is 17.1 Å². The molecule has 0 atom stereocenters. The normalized spacial score (nSPS) is 9.89. The lowest BCUT2D eigenvalue weighted by atomic mass is 10.1. The van der Waals surface area contributed by atoms with Crippen LogP contribution in [-0.4, -0.2) is 6.54 Å². The third-order valence-corrected chi connectivity index (χ3v) is 2.82. The highest BCUT2D eigenvalue weighted by molar-refractivity contribution is 5.68. The van der Waals surface area contributed by atoms with Gasteiger partial charge in [-0.2, -0.15) is 5.26 Å². The molecule has 2 aromatic carbocycles. The highest BCUT2D eigenvalue weighted by Crippen LogP contribution is 2.19. The monoisotopic (exact) mass is 255 g/mol. The van der Waals surface area contributed by atoms with Crippen LogP contribution in [-0.2, 0) is 6.42 Å². The molecular weight excluding hydrogens is 241 g/mol. The van der Waals surface area contributed by atoms with E-state index in [2.05, 4.69) is 5.32 Å². The molecule has 0 aromatic heterocycles. The SMILES string of the molecule is N#Cc1ccc(NCCc2ccc(F)cc2)c(N)c1. The zero-order valence-corrected chi connectivity index (χ0v) is 10.4. The first-order valence-electron chi connectivity index (χ1n) is 5.97. The highest BCUT2D eigenvalue weighted by atomic mass is 19.1. The largest absolute Gasteiger partial charge is 0.397 e. The molecule has 4 heteroatoms. The van der Waals surface area contributed by atoms with Gasteiger partial charge >= 0.3 is 0 Å². The van der Waals surface area contributed by atoms with E-state index in [-0.39, 0.29) is 5.82 Å². The number of nitriles is 1. The van der Waals surface area contributed by atoms with E-state index in [1.165, 1.54) is 12.1 Å². The number of anilines is 2. The Morgan fingerprint density at radius 2 is 1.89 bits per heavy atom. The fourth-order valence-electron chi connectivity index (χ4n) is 1.79. The van der Waals surface area contributed by atoms with Gasteiger partial charge in [-0.25, -0.2) is 4.39 Å². The Hall–Kier alpha value is -2.54. The summed E-state index contributed by atoms with van der Waals surface area (Å²) in [5.41, 5.74) is 8.79. The van der Waals surface area contributed by atoms with Crippen molar-refractivity contribution in [2.75, 3.05) is 17.6 Å². The number of nitrogens with one attached hydrogen (secondary N) is 1. The van der Waals surface area contributed by atoms with Crippen molar-refractivity contribution in [2.45, 2.75) is 6.42 Å². The van der Waals surface area contributed by atoms with Gasteiger partial charge in [0.25, 0.3) is 0 Å². The fraction of sp³-hybridized carbons (Fsp3) is 0.133. The number of benzene rings is 2. The van der Waals surface area contributed by atoms with Gasteiger partial charge in [-0.05, 0) is 42.3 Å². The van der Waals surface area contributed by atoms with Gasteiger partial charge in [0, 0.05) is 6.54 Å². The molecule has 2 aromatic rings. The van der Waals surface area contributed by atoms with E-state index >= 15 is 0 Å². The Morgan fingerprint density at radius 3 is 2.53 bits per heavy atom. The molecule has 0 bridgehead atoms. The van der Waals surface area contributed by atoms with E-state index in [0.717, 1.165) is 17.7 Å². The number of nitrogens with zero attached hydrogens (tertiary/aromatic N) is 1. The molecule has 0 saturated heterocycles. The van der Waals surface area contributed by atoms with Crippen LogP contribution in [0.15, 0.2) is 42.5 Å². The van der Waals surface area contributed by atoms with Crippen LogP contribution >= 0.6 is 0 Å². The summed E-state index contributed by atoms with van der Waals surface area (Å²) >= 11 is 0. The number of hydrogen-bond acceptors (Lipinski definition) is 3. The van der Waals surface area contributed by atoms with Gasteiger partial charge in [0.2, 0.25) is 0 Å². The molecule has 0 spiro atoms. The van der Waals surface area contributed by atoms with Gasteiger partial charge in [-0.15, -0.1) is 0 Å². The van der Waals surface area contributed by atoms with Crippen molar-refractivity contribution in [3.8, 4) is 6.07 Å². The van der Waals surface area contributed by atoms with E-state index in [4.69, 9.17) is 11.0 Å². The van der Waals surface area contributed by atoms with Gasteiger partial charge in [-0.1, -0.05) is 12.1 Å². The third-order valence-electron chi connectivity index (χ3n) is 2.82. The predicted octanol–water partition coefficient (Wildman–Crippen LogP) is 2.93. The summed E-state index contributed by atoms with van der Waals surface area (Å²) in [5, 5.41) is 11.9. The average molecular weight is 255 g/mol. The molecule has 0 amide bonds. The van der Waals surface area contributed by atoms with Crippen molar-refractivity contribution in [2.24, 2.45) is 0 Å². The molecule has 3 nitrogen and oxygen atoms in total. The average Bonchev–Trinajstić information content (AvgIpc) is 2.42. The maximum absolute atomic E-state index is 12.7. The highest BCUT2D eigenvalue weighted by Gasteiger charge is 2.00. The molecule has 2 rings (SSSR count). The van der Waals surface area contributed by atoms with Crippen LogP contribution in [0.2, 0.25) is 0 Å². The Balaban J connectivity index is 1.92. The van der Waals surface area contributed by atoms with Gasteiger partial charge in [0.15, 0.2) is 0 Å². The first-order chi connectivity index (χ1) is 9.19. The minimum atomic E-state index is -0.229. The zero-order chi connectivity index (χ0) is 13.7. The van der Waals surface area contributed by atoms with E-state index < -0.39 is 0 Å². The lowest BCUT2D eigenvalue weighted by molar-refractivity contribution is 0.627. The number of hydrogen-bond donors (Lipinski definition) is 2. The van der Waals surface area contributed by atoms with Crippen molar-refractivity contribution in [1.29, 1.82) is 5.26 Å². The zero-order valence-electron chi connectivity index (χ0n) is 10.4. The Morgan fingerprint density at radius 1 is 1.16 bits per heavy atom. The molecular formula is C15H14FN3. The second kappa shape index (κ2) is 5.87. The van der Waals surface area contributed by atoms with Gasteiger partial charge in [-0.3, -0.25) is 0 Å². The Labute approximate surface area is 111 Å². The number of nitrogens with two attached hydrogens (primary N) is 1.